The fourth-order valence-corrected chi connectivity index (χ4v) is 1.87. The first kappa shape index (κ1) is 15.6. The van der Waals surface area contributed by atoms with Crippen LogP contribution in [0.15, 0.2) is 30.6 Å². The van der Waals surface area contributed by atoms with Crippen LogP contribution in [0.2, 0.25) is 5.15 Å². The van der Waals surface area contributed by atoms with Crippen LogP contribution in [0.1, 0.15) is 18.9 Å². The number of hydrogen-bond acceptors (Lipinski definition) is 3. The summed E-state index contributed by atoms with van der Waals surface area (Å²) in [7, 11) is 0. The molecule has 0 fully saturated rings. The summed E-state index contributed by atoms with van der Waals surface area (Å²) in [5, 5.41) is -0.222. The van der Waals surface area contributed by atoms with Crippen molar-refractivity contribution in [3.05, 3.63) is 41.3 Å². The van der Waals surface area contributed by atoms with E-state index in [4.69, 9.17) is 16.3 Å². The number of pyridine rings is 2. The standard InChI is InChI=1S/C14H12ClF3N2O/c1-2-3-21-11-4-9(7-19-8-11)12-5-10(14(16,17)18)6-13(15)20-12/h4-8H,2-3H2,1H3. The van der Waals surface area contributed by atoms with E-state index in [-0.39, 0.29) is 10.8 Å². The van der Waals surface area contributed by atoms with Gasteiger partial charge >= 0.3 is 6.18 Å². The predicted octanol–water partition coefficient (Wildman–Crippen LogP) is 4.60. The molecule has 2 rings (SSSR count). The van der Waals surface area contributed by atoms with Gasteiger partial charge in [-0.3, -0.25) is 4.98 Å². The Bertz CT molecular complexity index is 632. The molecular formula is C14H12ClF3N2O. The smallest absolute Gasteiger partial charge is 0.416 e. The number of nitrogens with zero attached hydrogens (tertiary/aromatic N) is 2. The molecule has 0 aliphatic heterocycles. The third kappa shape index (κ3) is 4.07. The van der Waals surface area contributed by atoms with Gasteiger partial charge in [-0.1, -0.05) is 18.5 Å². The lowest BCUT2D eigenvalue weighted by molar-refractivity contribution is -0.137. The van der Waals surface area contributed by atoms with Gasteiger partial charge < -0.3 is 4.74 Å². The molecule has 0 radical (unpaired) electrons. The molecule has 0 bridgehead atoms. The van der Waals surface area contributed by atoms with E-state index in [9.17, 15) is 13.2 Å². The van der Waals surface area contributed by atoms with Crippen LogP contribution in [0, 0.1) is 0 Å². The van der Waals surface area contributed by atoms with E-state index in [0.717, 1.165) is 18.6 Å². The summed E-state index contributed by atoms with van der Waals surface area (Å²) < 4.78 is 43.7. The lowest BCUT2D eigenvalue weighted by Gasteiger charge is -2.10. The molecule has 112 valence electrons. The van der Waals surface area contributed by atoms with Gasteiger partial charge in [-0.05, 0) is 24.6 Å². The van der Waals surface area contributed by atoms with Crippen molar-refractivity contribution in [3.63, 3.8) is 0 Å². The van der Waals surface area contributed by atoms with E-state index >= 15 is 0 Å². The first-order valence-electron chi connectivity index (χ1n) is 6.23. The molecule has 0 saturated carbocycles. The van der Waals surface area contributed by atoms with Crippen molar-refractivity contribution in [1.29, 1.82) is 0 Å². The van der Waals surface area contributed by atoms with Gasteiger partial charge in [0.15, 0.2) is 0 Å². The Hall–Kier alpha value is -1.82. The predicted molar refractivity (Wildman–Crippen MR) is 73.3 cm³/mol. The van der Waals surface area contributed by atoms with Crippen LogP contribution in [0.25, 0.3) is 11.3 Å². The summed E-state index contributed by atoms with van der Waals surface area (Å²) >= 11 is 5.67. The molecule has 0 N–H and O–H groups in total. The summed E-state index contributed by atoms with van der Waals surface area (Å²) in [6.45, 7) is 2.45. The minimum Gasteiger partial charge on any atom is -0.492 e. The summed E-state index contributed by atoms with van der Waals surface area (Å²) in [5.74, 6) is 0.477. The fourth-order valence-electron chi connectivity index (χ4n) is 1.67. The molecule has 2 aromatic rings. The average molecular weight is 317 g/mol. The fraction of sp³-hybridized carbons (Fsp3) is 0.286. The van der Waals surface area contributed by atoms with Crippen LogP contribution in [-0.2, 0) is 6.18 Å². The molecule has 0 aromatic carbocycles. The molecule has 0 atom stereocenters. The van der Waals surface area contributed by atoms with Crippen LogP contribution < -0.4 is 4.74 Å². The van der Waals surface area contributed by atoms with Gasteiger partial charge in [0.05, 0.1) is 24.1 Å². The number of hydrogen-bond donors (Lipinski definition) is 0. The zero-order valence-electron chi connectivity index (χ0n) is 11.1. The van der Waals surface area contributed by atoms with Crippen molar-refractivity contribution in [2.45, 2.75) is 19.5 Å². The minimum absolute atomic E-state index is 0.101. The summed E-state index contributed by atoms with van der Waals surface area (Å²) in [6.07, 6.45) is -0.755. The molecular weight excluding hydrogens is 305 g/mol. The monoisotopic (exact) mass is 316 g/mol. The first-order valence-corrected chi connectivity index (χ1v) is 6.61. The van der Waals surface area contributed by atoms with E-state index in [0.29, 0.717) is 17.9 Å². The van der Waals surface area contributed by atoms with Crippen LogP contribution >= 0.6 is 11.6 Å². The summed E-state index contributed by atoms with van der Waals surface area (Å²) in [6, 6.07) is 3.31. The van der Waals surface area contributed by atoms with Crippen molar-refractivity contribution in [2.75, 3.05) is 6.61 Å². The molecule has 2 heterocycles. The molecule has 0 aliphatic rings. The van der Waals surface area contributed by atoms with Crippen molar-refractivity contribution in [1.82, 2.24) is 9.97 Å². The zero-order chi connectivity index (χ0) is 15.5. The second kappa shape index (κ2) is 6.30. The lowest BCUT2D eigenvalue weighted by Crippen LogP contribution is -2.06. The van der Waals surface area contributed by atoms with Crippen LogP contribution in [-0.4, -0.2) is 16.6 Å². The van der Waals surface area contributed by atoms with Gasteiger partial charge in [0, 0.05) is 11.8 Å². The van der Waals surface area contributed by atoms with Crippen molar-refractivity contribution >= 4 is 11.6 Å². The average Bonchev–Trinajstić information content (AvgIpc) is 2.44. The van der Waals surface area contributed by atoms with Gasteiger partial charge in [0.2, 0.25) is 0 Å². The van der Waals surface area contributed by atoms with E-state index in [1.807, 2.05) is 6.92 Å². The van der Waals surface area contributed by atoms with E-state index < -0.39 is 11.7 Å². The van der Waals surface area contributed by atoms with Gasteiger partial charge in [-0.15, -0.1) is 0 Å². The Labute approximate surface area is 124 Å². The third-order valence-corrected chi connectivity index (χ3v) is 2.80. The van der Waals surface area contributed by atoms with Gasteiger partial charge in [-0.25, -0.2) is 4.98 Å². The Morgan fingerprint density at radius 1 is 1.19 bits per heavy atom. The van der Waals surface area contributed by atoms with Crippen molar-refractivity contribution in [2.24, 2.45) is 0 Å². The SMILES string of the molecule is CCCOc1cncc(-c2cc(C(F)(F)F)cc(Cl)n2)c1. The maximum atomic E-state index is 12.8. The van der Waals surface area contributed by atoms with E-state index in [2.05, 4.69) is 9.97 Å². The normalized spacial score (nSPS) is 11.5. The molecule has 3 nitrogen and oxygen atoms in total. The topological polar surface area (TPSA) is 35.0 Å². The number of rotatable bonds is 4. The molecule has 0 spiro atoms. The van der Waals surface area contributed by atoms with Crippen LogP contribution in [0.4, 0.5) is 13.2 Å². The third-order valence-electron chi connectivity index (χ3n) is 2.60. The largest absolute Gasteiger partial charge is 0.492 e. The van der Waals surface area contributed by atoms with E-state index in [1.54, 1.807) is 6.07 Å². The molecule has 0 amide bonds. The highest BCUT2D eigenvalue weighted by Gasteiger charge is 2.31. The molecule has 7 heteroatoms. The highest BCUT2D eigenvalue weighted by Crippen LogP contribution is 2.33. The zero-order valence-corrected chi connectivity index (χ0v) is 11.9. The van der Waals surface area contributed by atoms with Crippen LogP contribution in [0.3, 0.4) is 0 Å². The maximum absolute atomic E-state index is 12.8. The van der Waals surface area contributed by atoms with Crippen molar-refractivity contribution in [3.8, 4) is 17.0 Å². The quantitative estimate of drug-likeness (QED) is 0.773. The molecule has 0 aliphatic carbocycles. The molecule has 0 saturated heterocycles. The lowest BCUT2D eigenvalue weighted by atomic mass is 10.1. The second-order valence-electron chi connectivity index (χ2n) is 4.32. The molecule has 21 heavy (non-hydrogen) atoms. The molecule has 0 unspecified atom stereocenters. The number of aromatic nitrogens is 2. The van der Waals surface area contributed by atoms with Gasteiger partial charge in [0.1, 0.15) is 10.9 Å². The summed E-state index contributed by atoms with van der Waals surface area (Å²) in [5.41, 5.74) is -0.335. The van der Waals surface area contributed by atoms with Gasteiger partial charge in [0.25, 0.3) is 0 Å². The highest BCUT2D eigenvalue weighted by atomic mass is 35.5. The maximum Gasteiger partial charge on any atom is 0.416 e. The second-order valence-corrected chi connectivity index (χ2v) is 4.71. The van der Waals surface area contributed by atoms with E-state index in [1.165, 1.54) is 12.4 Å². The Morgan fingerprint density at radius 3 is 2.62 bits per heavy atom. The first-order chi connectivity index (χ1) is 9.90. The Balaban J connectivity index is 2.40. The van der Waals surface area contributed by atoms with Crippen molar-refractivity contribution < 1.29 is 17.9 Å². The molecule has 2 aromatic heterocycles. The van der Waals surface area contributed by atoms with Crippen LogP contribution in [0.5, 0.6) is 5.75 Å². The Kier molecular flexibility index (Phi) is 4.67. The van der Waals surface area contributed by atoms with Gasteiger partial charge in [-0.2, -0.15) is 13.2 Å². The summed E-state index contributed by atoms with van der Waals surface area (Å²) in [4.78, 5) is 7.85. The number of ether oxygens (including phenoxy) is 1. The highest BCUT2D eigenvalue weighted by molar-refractivity contribution is 6.29. The number of alkyl halides is 3. The Morgan fingerprint density at radius 2 is 1.95 bits per heavy atom. The number of halogens is 4. The minimum atomic E-state index is -4.48.